The molecule has 0 aromatic heterocycles. The number of rotatable bonds is 2. The first-order valence-electron chi connectivity index (χ1n) is 6.48. The number of aliphatic hydroxyl groups excluding tert-OH is 1. The molecule has 1 unspecified atom stereocenters. The van der Waals surface area contributed by atoms with Crippen LogP contribution in [0.15, 0.2) is 11.6 Å². The molecule has 2 aliphatic rings. The van der Waals surface area contributed by atoms with Crippen LogP contribution in [0, 0.1) is 5.41 Å². The first-order valence-corrected chi connectivity index (χ1v) is 9.03. The Labute approximate surface area is 102 Å². The molecule has 0 spiro atoms. The molecule has 2 rings (SSSR count). The molecular weight excluding hydrogens is 216 g/mol. The molecule has 1 atom stereocenters. The zero-order valence-corrected chi connectivity index (χ0v) is 11.8. The van der Waals surface area contributed by atoms with E-state index in [4.69, 9.17) is 0 Å². The zero-order chi connectivity index (χ0) is 11.8. The van der Waals surface area contributed by atoms with E-state index in [1.165, 1.54) is 36.5 Å². The van der Waals surface area contributed by atoms with Crippen LogP contribution in [0.5, 0.6) is 0 Å². The molecule has 0 amide bonds. The molecule has 0 aromatic carbocycles. The van der Waals surface area contributed by atoms with Crippen molar-refractivity contribution in [2.24, 2.45) is 5.41 Å². The first kappa shape index (κ1) is 12.5. The van der Waals surface area contributed by atoms with Crippen LogP contribution in [0.1, 0.15) is 39.5 Å². The maximum Gasteiger partial charge on any atom is 0.0729 e. The summed E-state index contributed by atoms with van der Waals surface area (Å²) >= 11 is 0. The van der Waals surface area contributed by atoms with Crippen LogP contribution < -0.4 is 0 Å². The van der Waals surface area contributed by atoms with Crippen LogP contribution in [-0.4, -0.2) is 34.7 Å². The van der Waals surface area contributed by atoms with Gasteiger partial charge >= 0.3 is 0 Å². The average Bonchev–Trinajstić information content (AvgIpc) is 2.47. The molecule has 1 fully saturated rings. The summed E-state index contributed by atoms with van der Waals surface area (Å²) < 4.78 is 0. The van der Waals surface area contributed by atoms with Crippen molar-refractivity contribution in [2.75, 3.05) is 23.5 Å². The van der Waals surface area contributed by atoms with Gasteiger partial charge in [-0.2, -0.15) is 0 Å². The van der Waals surface area contributed by atoms with Crippen LogP contribution >= 0.6 is 10.0 Å². The van der Waals surface area contributed by atoms with E-state index >= 15 is 0 Å². The van der Waals surface area contributed by atoms with Gasteiger partial charge in [0.05, 0.1) is 6.10 Å². The van der Waals surface area contributed by atoms with Gasteiger partial charge in [0.15, 0.2) is 0 Å². The van der Waals surface area contributed by atoms with Gasteiger partial charge in [0.25, 0.3) is 0 Å². The quantitative estimate of drug-likeness (QED) is 0.737. The Morgan fingerprint density at radius 2 is 2.00 bits per heavy atom. The van der Waals surface area contributed by atoms with E-state index in [1.807, 2.05) is 0 Å². The zero-order valence-electron chi connectivity index (χ0n) is 11.0. The molecule has 0 radical (unpaired) electrons. The highest BCUT2D eigenvalue weighted by molar-refractivity contribution is 8.33. The van der Waals surface area contributed by atoms with Crippen molar-refractivity contribution in [1.82, 2.24) is 0 Å². The summed E-state index contributed by atoms with van der Waals surface area (Å²) in [5, 5.41) is 9.91. The van der Waals surface area contributed by atoms with Gasteiger partial charge in [-0.05, 0) is 54.6 Å². The van der Waals surface area contributed by atoms with Crippen LogP contribution in [-0.2, 0) is 0 Å². The molecular formula is C14H26OS. The minimum absolute atomic E-state index is 0.192. The van der Waals surface area contributed by atoms with E-state index in [2.05, 4.69) is 26.2 Å². The Morgan fingerprint density at radius 1 is 1.38 bits per heavy atom. The second-order valence-electron chi connectivity index (χ2n) is 6.68. The predicted octanol–water partition coefficient (Wildman–Crippen LogP) is 3.32. The third-order valence-electron chi connectivity index (χ3n) is 3.95. The summed E-state index contributed by atoms with van der Waals surface area (Å²) in [6.07, 6.45) is 9.48. The second kappa shape index (κ2) is 4.38. The van der Waals surface area contributed by atoms with Crippen molar-refractivity contribution in [3.05, 3.63) is 11.6 Å². The van der Waals surface area contributed by atoms with Gasteiger partial charge in [-0.3, -0.25) is 0 Å². The van der Waals surface area contributed by atoms with Crippen molar-refractivity contribution in [3.63, 3.8) is 0 Å². The largest absolute Gasteiger partial charge is 0.389 e. The summed E-state index contributed by atoms with van der Waals surface area (Å²) in [5.74, 6) is 4.22. The van der Waals surface area contributed by atoms with Crippen molar-refractivity contribution in [1.29, 1.82) is 0 Å². The predicted molar refractivity (Wildman–Crippen MR) is 74.5 cm³/mol. The molecule has 1 aliphatic heterocycles. The fourth-order valence-electron chi connectivity index (χ4n) is 3.34. The van der Waals surface area contributed by atoms with E-state index in [0.29, 0.717) is 5.41 Å². The third-order valence-corrected chi connectivity index (χ3v) is 7.57. The Morgan fingerprint density at radius 3 is 2.56 bits per heavy atom. The topological polar surface area (TPSA) is 20.2 Å². The van der Waals surface area contributed by atoms with Gasteiger partial charge < -0.3 is 5.11 Å². The van der Waals surface area contributed by atoms with E-state index in [9.17, 15) is 5.11 Å². The number of aliphatic hydroxyl groups is 1. The van der Waals surface area contributed by atoms with Gasteiger partial charge in [0.2, 0.25) is 0 Å². The second-order valence-corrected chi connectivity index (χ2v) is 10.7. The summed E-state index contributed by atoms with van der Waals surface area (Å²) in [5.41, 5.74) is 1.85. The first-order chi connectivity index (χ1) is 7.39. The minimum atomic E-state index is -0.356. The molecule has 0 aromatic rings. The Balaban J connectivity index is 2.04. The van der Waals surface area contributed by atoms with Gasteiger partial charge in [0.1, 0.15) is 0 Å². The maximum atomic E-state index is 9.91. The van der Waals surface area contributed by atoms with Crippen LogP contribution in [0.4, 0.5) is 0 Å². The molecule has 2 heteroatoms. The van der Waals surface area contributed by atoms with Crippen molar-refractivity contribution >= 4 is 10.0 Å². The molecule has 94 valence electrons. The molecule has 0 saturated carbocycles. The minimum Gasteiger partial charge on any atom is -0.389 e. The maximum absolute atomic E-state index is 9.91. The Kier molecular flexibility index (Phi) is 3.42. The molecule has 1 heterocycles. The van der Waals surface area contributed by atoms with E-state index in [0.717, 1.165) is 6.42 Å². The fraction of sp³-hybridized carbons (Fsp3) is 0.857. The molecule has 0 bridgehead atoms. The standard InChI is InChI=1S/C14H26OS/c1-14(2)9-12(8-13(15)10-14)11-16(3)6-4-5-7-16/h8,13,15H,4-7,9-11H2,1-3H3. The van der Waals surface area contributed by atoms with Gasteiger partial charge in [-0.25, -0.2) is 10.0 Å². The summed E-state index contributed by atoms with van der Waals surface area (Å²) in [7, 11) is -0.356. The molecule has 1 N–H and O–H groups in total. The highest BCUT2D eigenvalue weighted by Gasteiger charge is 2.31. The highest BCUT2D eigenvalue weighted by Crippen LogP contribution is 2.53. The lowest BCUT2D eigenvalue weighted by Gasteiger charge is -2.38. The number of hydrogen-bond acceptors (Lipinski definition) is 1. The molecule has 1 nitrogen and oxygen atoms in total. The summed E-state index contributed by atoms with van der Waals surface area (Å²) in [4.78, 5) is 0. The van der Waals surface area contributed by atoms with Gasteiger partial charge in [-0.15, -0.1) is 0 Å². The van der Waals surface area contributed by atoms with Crippen molar-refractivity contribution in [2.45, 2.75) is 45.6 Å². The monoisotopic (exact) mass is 242 g/mol. The van der Waals surface area contributed by atoms with E-state index in [-0.39, 0.29) is 16.1 Å². The summed E-state index contributed by atoms with van der Waals surface area (Å²) in [6.45, 7) is 4.57. The van der Waals surface area contributed by atoms with Crippen LogP contribution in [0.25, 0.3) is 0 Å². The van der Waals surface area contributed by atoms with Gasteiger partial charge in [0, 0.05) is 0 Å². The highest BCUT2D eigenvalue weighted by atomic mass is 32.3. The summed E-state index contributed by atoms with van der Waals surface area (Å²) in [6, 6.07) is 0. The number of hydrogen-bond donors (Lipinski definition) is 1. The normalized spacial score (nSPS) is 34.5. The van der Waals surface area contributed by atoms with E-state index < -0.39 is 0 Å². The molecule has 1 saturated heterocycles. The van der Waals surface area contributed by atoms with Crippen LogP contribution in [0.2, 0.25) is 0 Å². The van der Waals surface area contributed by atoms with Crippen LogP contribution in [0.3, 0.4) is 0 Å². The molecule has 1 aliphatic carbocycles. The van der Waals surface area contributed by atoms with Crippen molar-refractivity contribution < 1.29 is 5.11 Å². The van der Waals surface area contributed by atoms with Crippen molar-refractivity contribution in [3.8, 4) is 0 Å². The lowest BCUT2D eigenvalue weighted by Crippen LogP contribution is -2.26. The third kappa shape index (κ3) is 3.04. The fourth-order valence-corrected chi connectivity index (χ4v) is 6.73. The van der Waals surface area contributed by atoms with E-state index in [1.54, 1.807) is 5.57 Å². The lowest BCUT2D eigenvalue weighted by atomic mass is 9.76. The Hall–Kier alpha value is 0.0500. The SMILES string of the molecule is CC1(C)CC(CS2(C)CCCC2)=CC(O)C1. The van der Waals surface area contributed by atoms with Gasteiger partial charge in [-0.1, -0.05) is 25.5 Å². The smallest absolute Gasteiger partial charge is 0.0729 e. The lowest BCUT2D eigenvalue weighted by molar-refractivity contribution is 0.139. The Bertz CT molecular complexity index is 287. The molecule has 16 heavy (non-hydrogen) atoms. The average molecular weight is 242 g/mol.